The van der Waals surface area contributed by atoms with Crippen molar-refractivity contribution in [1.82, 2.24) is 10.2 Å². The summed E-state index contributed by atoms with van der Waals surface area (Å²) in [5.74, 6) is -0.816. The van der Waals surface area contributed by atoms with Gasteiger partial charge in [-0.2, -0.15) is 0 Å². The number of hydrogen-bond acceptors (Lipinski definition) is 5. The van der Waals surface area contributed by atoms with Crippen LogP contribution in [0, 0.1) is 23.0 Å². The maximum Gasteiger partial charge on any atom is 0.270 e. The number of aryl methyl sites for hydroxylation is 1. The molecule has 3 rings (SSSR count). The van der Waals surface area contributed by atoms with Gasteiger partial charge in [0.1, 0.15) is 6.04 Å². The van der Waals surface area contributed by atoms with E-state index in [0.717, 1.165) is 6.07 Å². The number of hydrogen-bond donors (Lipinski definition) is 1. The van der Waals surface area contributed by atoms with Gasteiger partial charge in [-0.15, -0.1) is 0 Å². The molecule has 1 heterocycles. The summed E-state index contributed by atoms with van der Waals surface area (Å²) >= 11 is 6.08. The maximum atomic E-state index is 13.2. The van der Waals surface area contributed by atoms with Gasteiger partial charge < -0.3 is 15.1 Å². The van der Waals surface area contributed by atoms with Crippen molar-refractivity contribution in [2.45, 2.75) is 26.8 Å². The van der Waals surface area contributed by atoms with Gasteiger partial charge in [-0.25, -0.2) is 0 Å². The van der Waals surface area contributed by atoms with Crippen molar-refractivity contribution < 1.29 is 14.5 Å². The summed E-state index contributed by atoms with van der Waals surface area (Å²) in [6.07, 6.45) is 0. The molecule has 0 aliphatic carbocycles. The number of anilines is 1. The first-order chi connectivity index (χ1) is 15.2. The number of carbonyl (C=O) groups excluding carboxylic acids is 2. The van der Waals surface area contributed by atoms with Gasteiger partial charge in [0.15, 0.2) is 0 Å². The fourth-order valence-electron chi connectivity index (χ4n) is 3.82. The molecule has 1 unspecified atom stereocenters. The highest BCUT2D eigenvalue weighted by molar-refractivity contribution is 6.34. The molecule has 170 valence electrons. The Kier molecular flexibility index (Phi) is 7.35. The third kappa shape index (κ3) is 5.19. The van der Waals surface area contributed by atoms with Gasteiger partial charge in [0.2, 0.25) is 5.91 Å². The molecule has 0 saturated carbocycles. The second kappa shape index (κ2) is 9.99. The topological polar surface area (TPSA) is 95.8 Å². The number of nitrogens with zero attached hydrogens (tertiary/aromatic N) is 3. The summed E-state index contributed by atoms with van der Waals surface area (Å²) in [4.78, 5) is 40.3. The summed E-state index contributed by atoms with van der Waals surface area (Å²) in [5, 5.41) is 13.6. The average molecular weight is 459 g/mol. The average Bonchev–Trinajstić information content (AvgIpc) is 2.77. The lowest BCUT2D eigenvalue weighted by Gasteiger charge is -2.38. The number of nitro groups is 1. The number of halogens is 1. The Morgan fingerprint density at radius 1 is 1.09 bits per heavy atom. The van der Waals surface area contributed by atoms with Crippen LogP contribution >= 0.6 is 11.6 Å². The monoisotopic (exact) mass is 458 g/mol. The summed E-state index contributed by atoms with van der Waals surface area (Å²) < 4.78 is 0. The quantitative estimate of drug-likeness (QED) is 0.526. The molecular formula is C23H27ClN4O4. The number of amides is 2. The molecule has 8 nitrogen and oxygen atoms in total. The smallest absolute Gasteiger partial charge is 0.270 e. The molecule has 1 aliphatic rings. The number of piperazine rings is 1. The lowest BCUT2D eigenvalue weighted by molar-refractivity contribution is -0.384. The first kappa shape index (κ1) is 23.5. The van der Waals surface area contributed by atoms with Crippen molar-refractivity contribution in [3.8, 4) is 0 Å². The van der Waals surface area contributed by atoms with E-state index >= 15 is 0 Å². The third-order valence-electron chi connectivity index (χ3n) is 5.67. The van der Waals surface area contributed by atoms with E-state index in [4.69, 9.17) is 11.6 Å². The largest absolute Gasteiger partial charge is 0.368 e. The number of nitro benzene ring substituents is 1. The highest BCUT2D eigenvalue weighted by atomic mass is 35.5. The van der Waals surface area contributed by atoms with E-state index in [1.165, 1.54) is 23.4 Å². The minimum Gasteiger partial charge on any atom is -0.368 e. The van der Waals surface area contributed by atoms with Crippen LogP contribution < -0.4 is 10.2 Å². The SMILES string of the molecule is Cc1ccccc1N1CCN(C(=O)C(NC(=O)c2ccc([N+](=O)[O-])cc2Cl)C(C)C)CC1. The van der Waals surface area contributed by atoms with Crippen molar-refractivity contribution in [2.75, 3.05) is 31.1 Å². The minimum atomic E-state index is -0.723. The van der Waals surface area contributed by atoms with Crippen LogP contribution in [0.25, 0.3) is 0 Å². The van der Waals surface area contributed by atoms with Crippen molar-refractivity contribution >= 4 is 34.8 Å². The van der Waals surface area contributed by atoms with Gasteiger partial charge in [0, 0.05) is 44.0 Å². The van der Waals surface area contributed by atoms with Gasteiger partial charge in [-0.1, -0.05) is 43.6 Å². The number of nitrogens with one attached hydrogen (secondary N) is 1. The molecule has 1 atom stereocenters. The Balaban J connectivity index is 1.67. The summed E-state index contributed by atoms with van der Waals surface area (Å²) in [5.41, 5.74) is 2.26. The van der Waals surface area contributed by atoms with Crippen LogP contribution in [0.1, 0.15) is 29.8 Å². The molecule has 2 amide bonds. The van der Waals surface area contributed by atoms with E-state index in [0.29, 0.717) is 26.2 Å². The van der Waals surface area contributed by atoms with E-state index in [9.17, 15) is 19.7 Å². The highest BCUT2D eigenvalue weighted by Gasteiger charge is 2.31. The predicted octanol–water partition coefficient (Wildman–Crippen LogP) is 3.66. The lowest BCUT2D eigenvalue weighted by Crippen LogP contribution is -2.56. The van der Waals surface area contributed by atoms with Gasteiger partial charge in [-0.3, -0.25) is 19.7 Å². The van der Waals surface area contributed by atoms with E-state index in [-0.39, 0.29) is 28.1 Å². The number of para-hydroxylation sites is 1. The van der Waals surface area contributed by atoms with E-state index < -0.39 is 16.9 Å². The van der Waals surface area contributed by atoms with Crippen LogP contribution in [-0.4, -0.2) is 53.9 Å². The molecule has 0 aromatic heterocycles. The van der Waals surface area contributed by atoms with Crippen LogP contribution in [0.2, 0.25) is 5.02 Å². The Bertz CT molecular complexity index is 1020. The van der Waals surface area contributed by atoms with Crippen molar-refractivity contribution in [3.63, 3.8) is 0 Å². The molecule has 2 aromatic carbocycles. The van der Waals surface area contributed by atoms with Crippen LogP contribution in [0.5, 0.6) is 0 Å². The molecule has 1 saturated heterocycles. The summed E-state index contributed by atoms with van der Waals surface area (Å²) in [7, 11) is 0. The molecule has 1 N–H and O–H groups in total. The first-order valence-corrected chi connectivity index (χ1v) is 10.9. The second-order valence-electron chi connectivity index (χ2n) is 8.22. The summed E-state index contributed by atoms with van der Waals surface area (Å²) in [6.45, 7) is 8.34. The maximum absolute atomic E-state index is 13.2. The molecule has 0 bridgehead atoms. The molecular weight excluding hydrogens is 432 g/mol. The molecule has 1 aliphatic heterocycles. The second-order valence-corrected chi connectivity index (χ2v) is 8.62. The Morgan fingerprint density at radius 3 is 2.31 bits per heavy atom. The minimum absolute atomic E-state index is 0.0292. The zero-order chi connectivity index (χ0) is 23.4. The third-order valence-corrected chi connectivity index (χ3v) is 5.99. The molecule has 32 heavy (non-hydrogen) atoms. The fraction of sp³-hybridized carbons (Fsp3) is 0.391. The predicted molar refractivity (Wildman–Crippen MR) is 124 cm³/mol. The summed E-state index contributed by atoms with van der Waals surface area (Å²) in [6, 6.07) is 11.1. The van der Waals surface area contributed by atoms with E-state index in [1.807, 2.05) is 26.0 Å². The van der Waals surface area contributed by atoms with Crippen molar-refractivity contribution in [2.24, 2.45) is 5.92 Å². The standard InChI is InChI=1S/C23H27ClN4O4/c1-15(2)21(25-22(29)18-9-8-17(28(31)32)14-19(18)24)23(30)27-12-10-26(11-13-27)20-7-5-4-6-16(20)3/h4-9,14-15,21H,10-13H2,1-3H3,(H,25,29). The van der Waals surface area contributed by atoms with Crippen LogP contribution in [-0.2, 0) is 4.79 Å². The fourth-order valence-corrected chi connectivity index (χ4v) is 4.08. The number of rotatable bonds is 6. The van der Waals surface area contributed by atoms with Gasteiger partial charge in [0.05, 0.1) is 15.5 Å². The van der Waals surface area contributed by atoms with Gasteiger partial charge in [0.25, 0.3) is 11.6 Å². The molecule has 1 fully saturated rings. The van der Waals surface area contributed by atoms with Crippen LogP contribution in [0.4, 0.5) is 11.4 Å². The van der Waals surface area contributed by atoms with Crippen molar-refractivity contribution in [3.05, 3.63) is 68.7 Å². The van der Waals surface area contributed by atoms with Crippen molar-refractivity contribution in [1.29, 1.82) is 0 Å². The number of non-ortho nitro benzene ring substituents is 1. The van der Waals surface area contributed by atoms with Gasteiger partial charge in [-0.05, 0) is 30.5 Å². The lowest BCUT2D eigenvalue weighted by atomic mass is 10.0. The van der Waals surface area contributed by atoms with Crippen LogP contribution in [0.3, 0.4) is 0 Å². The Morgan fingerprint density at radius 2 is 1.75 bits per heavy atom. The molecule has 0 spiro atoms. The molecule has 2 aromatic rings. The highest BCUT2D eigenvalue weighted by Crippen LogP contribution is 2.24. The first-order valence-electron chi connectivity index (χ1n) is 10.5. The normalized spacial score (nSPS) is 14.9. The zero-order valence-electron chi connectivity index (χ0n) is 18.4. The van der Waals surface area contributed by atoms with Crippen LogP contribution in [0.15, 0.2) is 42.5 Å². The molecule has 0 radical (unpaired) electrons. The van der Waals surface area contributed by atoms with E-state index in [2.05, 4.69) is 29.3 Å². The van der Waals surface area contributed by atoms with Gasteiger partial charge >= 0.3 is 0 Å². The molecule has 9 heteroatoms. The zero-order valence-corrected chi connectivity index (χ0v) is 19.1. The Labute approximate surface area is 192 Å². The van der Waals surface area contributed by atoms with E-state index in [1.54, 1.807) is 4.90 Å². The number of carbonyl (C=O) groups is 2. The number of benzene rings is 2. The Hall–Kier alpha value is -3.13.